The average molecular weight is 284 g/mol. The third kappa shape index (κ3) is 3.52. The smallest absolute Gasteiger partial charge is 0.332 e. The van der Waals surface area contributed by atoms with Crippen LogP contribution in [0.2, 0.25) is 0 Å². The fourth-order valence-electron chi connectivity index (χ4n) is 2.33. The summed E-state index contributed by atoms with van der Waals surface area (Å²) in [6, 6.07) is 9.36. The molecule has 3 heteroatoms. The summed E-state index contributed by atoms with van der Waals surface area (Å²) >= 11 is 0. The highest BCUT2D eigenvalue weighted by Gasteiger charge is 2.49. The zero-order valence-corrected chi connectivity index (χ0v) is 12.7. The standard InChI is InChI=1S/C18H20O3/c1-17(2,3)21-16(20)18(12-7-10-15(18)19)13-11-14-8-5-4-6-9-14/h4-6,8-9H,7,10,12H2,1-3H3/t18-/m0/s1. The molecule has 0 heterocycles. The second-order valence-corrected chi connectivity index (χ2v) is 6.30. The van der Waals surface area contributed by atoms with Gasteiger partial charge in [0.2, 0.25) is 0 Å². The number of Topliss-reactive ketones (excluding diaryl/α,β-unsaturated/α-hetero) is 1. The first-order valence-corrected chi connectivity index (χ1v) is 7.18. The minimum absolute atomic E-state index is 0.125. The molecule has 0 spiro atoms. The van der Waals surface area contributed by atoms with Gasteiger partial charge in [0.05, 0.1) is 0 Å². The topological polar surface area (TPSA) is 43.4 Å². The number of benzene rings is 1. The van der Waals surface area contributed by atoms with Crippen molar-refractivity contribution in [2.45, 2.75) is 45.6 Å². The van der Waals surface area contributed by atoms with Crippen LogP contribution in [0.4, 0.5) is 0 Å². The fourth-order valence-corrected chi connectivity index (χ4v) is 2.33. The maximum absolute atomic E-state index is 12.5. The van der Waals surface area contributed by atoms with Crippen LogP contribution in [-0.4, -0.2) is 17.4 Å². The van der Waals surface area contributed by atoms with Crippen LogP contribution in [0, 0.1) is 17.3 Å². The summed E-state index contributed by atoms with van der Waals surface area (Å²) in [5.41, 5.74) is -1.12. The fraction of sp³-hybridized carbons (Fsp3) is 0.444. The molecule has 2 rings (SSSR count). The minimum atomic E-state index is -1.29. The molecule has 1 fully saturated rings. The molecule has 0 N–H and O–H groups in total. The number of ether oxygens (including phenoxy) is 1. The van der Waals surface area contributed by atoms with Gasteiger partial charge in [-0.1, -0.05) is 30.0 Å². The molecule has 0 bridgehead atoms. The van der Waals surface area contributed by atoms with E-state index in [0.717, 1.165) is 5.56 Å². The van der Waals surface area contributed by atoms with Gasteiger partial charge in [-0.05, 0) is 45.7 Å². The molecule has 1 atom stereocenters. The van der Waals surface area contributed by atoms with Gasteiger partial charge in [-0.15, -0.1) is 0 Å². The lowest BCUT2D eigenvalue weighted by atomic mass is 9.85. The first-order valence-electron chi connectivity index (χ1n) is 7.18. The summed E-state index contributed by atoms with van der Waals surface area (Å²) in [6.45, 7) is 5.38. The Labute approximate surface area is 125 Å². The summed E-state index contributed by atoms with van der Waals surface area (Å²) in [5.74, 6) is 5.22. The molecule has 3 nitrogen and oxygen atoms in total. The Morgan fingerprint density at radius 3 is 2.43 bits per heavy atom. The molecule has 1 aliphatic carbocycles. The van der Waals surface area contributed by atoms with Crippen LogP contribution in [0.3, 0.4) is 0 Å². The molecule has 0 unspecified atom stereocenters. The Morgan fingerprint density at radius 1 is 1.24 bits per heavy atom. The summed E-state index contributed by atoms with van der Waals surface area (Å²) in [5, 5.41) is 0. The van der Waals surface area contributed by atoms with Crippen LogP contribution in [0.1, 0.15) is 45.6 Å². The first-order chi connectivity index (χ1) is 9.83. The number of esters is 1. The van der Waals surface area contributed by atoms with Crippen molar-refractivity contribution in [2.75, 3.05) is 0 Å². The van der Waals surface area contributed by atoms with Crippen LogP contribution in [-0.2, 0) is 14.3 Å². The van der Waals surface area contributed by atoms with Gasteiger partial charge < -0.3 is 4.74 Å². The largest absolute Gasteiger partial charge is 0.458 e. The van der Waals surface area contributed by atoms with Crippen LogP contribution in [0.15, 0.2) is 30.3 Å². The number of rotatable bonds is 1. The summed E-state index contributed by atoms with van der Waals surface area (Å²) < 4.78 is 5.42. The van der Waals surface area contributed by atoms with E-state index in [9.17, 15) is 9.59 Å². The summed E-state index contributed by atoms with van der Waals surface area (Å²) in [7, 11) is 0. The number of hydrogen-bond acceptors (Lipinski definition) is 3. The predicted octanol–water partition coefficient (Wildman–Crippen LogP) is 3.12. The van der Waals surface area contributed by atoms with Crippen molar-refractivity contribution in [2.24, 2.45) is 5.41 Å². The van der Waals surface area contributed by atoms with Gasteiger partial charge in [-0.2, -0.15) is 0 Å². The van der Waals surface area contributed by atoms with E-state index in [-0.39, 0.29) is 5.78 Å². The molecule has 1 aromatic carbocycles. The van der Waals surface area contributed by atoms with Crippen molar-refractivity contribution in [3.8, 4) is 11.8 Å². The highest BCUT2D eigenvalue weighted by atomic mass is 16.6. The van der Waals surface area contributed by atoms with Gasteiger partial charge in [0.1, 0.15) is 5.60 Å². The van der Waals surface area contributed by atoms with E-state index in [1.54, 1.807) is 20.8 Å². The zero-order chi connectivity index (χ0) is 15.5. The molecule has 110 valence electrons. The van der Waals surface area contributed by atoms with Crippen molar-refractivity contribution in [3.05, 3.63) is 35.9 Å². The van der Waals surface area contributed by atoms with Gasteiger partial charge >= 0.3 is 5.97 Å². The molecule has 0 aromatic heterocycles. The Balaban J connectivity index is 2.34. The van der Waals surface area contributed by atoms with Crippen molar-refractivity contribution in [1.29, 1.82) is 0 Å². The third-order valence-electron chi connectivity index (χ3n) is 3.37. The van der Waals surface area contributed by atoms with Crippen LogP contribution >= 0.6 is 0 Å². The molecule has 21 heavy (non-hydrogen) atoms. The average Bonchev–Trinajstić information content (AvgIpc) is 2.78. The summed E-state index contributed by atoms with van der Waals surface area (Å²) in [6.07, 6.45) is 1.52. The van der Waals surface area contributed by atoms with Gasteiger partial charge in [0.15, 0.2) is 11.2 Å². The van der Waals surface area contributed by atoms with Gasteiger partial charge in [0, 0.05) is 12.0 Å². The van der Waals surface area contributed by atoms with E-state index < -0.39 is 17.0 Å². The molecule has 0 saturated heterocycles. The first kappa shape index (κ1) is 15.3. The van der Waals surface area contributed by atoms with Crippen molar-refractivity contribution < 1.29 is 14.3 Å². The molecule has 0 amide bonds. The molecular formula is C18H20O3. The number of carbonyl (C=O) groups excluding carboxylic acids is 2. The highest BCUT2D eigenvalue weighted by molar-refractivity contribution is 6.08. The Hall–Kier alpha value is -2.08. The lowest BCUT2D eigenvalue weighted by Crippen LogP contribution is -2.39. The second kappa shape index (κ2) is 5.73. The van der Waals surface area contributed by atoms with Crippen molar-refractivity contribution >= 4 is 11.8 Å². The van der Waals surface area contributed by atoms with E-state index in [2.05, 4.69) is 11.8 Å². The monoisotopic (exact) mass is 284 g/mol. The molecule has 1 saturated carbocycles. The SMILES string of the molecule is CC(C)(C)OC(=O)[C@]1(C#Cc2ccccc2)CCCC1=O. The van der Waals surface area contributed by atoms with Crippen molar-refractivity contribution in [3.63, 3.8) is 0 Å². The normalized spacial score (nSPS) is 21.6. The predicted molar refractivity (Wildman–Crippen MR) is 80.5 cm³/mol. The molecule has 0 radical (unpaired) electrons. The Kier molecular flexibility index (Phi) is 4.18. The zero-order valence-electron chi connectivity index (χ0n) is 12.7. The van der Waals surface area contributed by atoms with E-state index in [0.29, 0.717) is 19.3 Å². The van der Waals surface area contributed by atoms with Crippen LogP contribution in [0.5, 0.6) is 0 Å². The Morgan fingerprint density at radius 2 is 1.90 bits per heavy atom. The third-order valence-corrected chi connectivity index (χ3v) is 3.37. The molecule has 0 aliphatic heterocycles. The maximum atomic E-state index is 12.5. The Bertz CT molecular complexity index is 599. The van der Waals surface area contributed by atoms with E-state index in [4.69, 9.17) is 4.74 Å². The quantitative estimate of drug-likeness (QED) is 0.452. The van der Waals surface area contributed by atoms with E-state index in [1.807, 2.05) is 30.3 Å². The molecule has 1 aliphatic rings. The van der Waals surface area contributed by atoms with Gasteiger partial charge in [-0.25, -0.2) is 4.79 Å². The molecular weight excluding hydrogens is 264 g/mol. The number of ketones is 1. The van der Waals surface area contributed by atoms with E-state index in [1.165, 1.54) is 0 Å². The van der Waals surface area contributed by atoms with Gasteiger partial charge in [-0.3, -0.25) is 4.79 Å². The van der Waals surface area contributed by atoms with Crippen LogP contribution in [0.25, 0.3) is 0 Å². The highest BCUT2D eigenvalue weighted by Crippen LogP contribution is 2.36. The summed E-state index contributed by atoms with van der Waals surface area (Å²) in [4.78, 5) is 24.7. The second-order valence-electron chi connectivity index (χ2n) is 6.30. The molecule has 1 aromatic rings. The van der Waals surface area contributed by atoms with Gasteiger partial charge in [0.25, 0.3) is 0 Å². The maximum Gasteiger partial charge on any atom is 0.332 e. The lowest BCUT2D eigenvalue weighted by molar-refractivity contribution is -0.165. The number of carbonyl (C=O) groups is 2. The van der Waals surface area contributed by atoms with Crippen LogP contribution < -0.4 is 0 Å². The number of hydrogen-bond donors (Lipinski definition) is 0. The van der Waals surface area contributed by atoms with Crippen molar-refractivity contribution in [1.82, 2.24) is 0 Å². The minimum Gasteiger partial charge on any atom is -0.458 e. The lowest BCUT2D eigenvalue weighted by Gasteiger charge is -2.26. The van der Waals surface area contributed by atoms with E-state index >= 15 is 0 Å².